The first kappa shape index (κ1) is 26.4. The molecule has 11 atom stereocenters. The first-order valence-corrected chi connectivity index (χ1v) is 19.6. The van der Waals surface area contributed by atoms with Gasteiger partial charge in [-0.05, 0) is 153 Å². The van der Waals surface area contributed by atoms with E-state index < -0.39 is 0 Å². The van der Waals surface area contributed by atoms with Crippen LogP contribution in [0.2, 0.25) is 0 Å². The van der Waals surface area contributed by atoms with E-state index in [1.165, 1.54) is 66.5 Å². The molecule has 0 radical (unpaired) electrons. The van der Waals surface area contributed by atoms with Gasteiger partial charge in [0.2, 0.25) is 0 Å². The normalized spacial score (nSPS) is 40.1. The topological polar surface area (TPSA) is 31.2 Å². The predicted molar refractivity (Wildman–Crippen MR) is 205 cm³/mol. The number of hydrogen-bond donors (Lipinski definition) is 0. The monoisotopic (exact) mass is 658 g/mol. The zero-order valence-electron chi connectivity index (χ0n) is 29.6. The summed E-state index contributed by atoms with van der Waals surface area (Å²) in [6.07, 6.45) is 13.6. The van der Waals surface area contributed by atoms with Crippen molar-refractivity contribution in [1.29, 1.82) is 0 Å². The fourth-order valence-electron chi connectivity index (χ4n) is 15.5. The Labute approximate surface area is 297 Å². The van der Waals surface area contributed by atoms with E-state index in [9.17, 15) is 0 Å². The maximum absolute atomic E-state index is 5.79. The Kier molecular flexibility index (Phi) is 4.06. The summed E-state index contributed by atoms with van der Waals surface area (Å²) in [6, 6.07) is 13.9. The van der Waals surface area contributed by atoms with Gasteiger partial charge in [-0.2, -0.15) is 0 Å². The molecule has 246 valence electrons. The molecule has 0 bridgehead atoms. The lowest BCUT2D eigenvalue weighted by atomic mass is 9.47. The molecular weight excluding hydrogens is 621 g/mol. The third kappa shape index (κ3) is 2.44. The van der Waals surface area contributed by atoms with E-state index in [-0.39, 0.29) is 18.0 Å². The summed E-state index contributed by atoms with van der Waals surface area (Å²) in [5, 5.41) is 5.90. The summed E-state index contributed by atoms with van der Waals surface area (Å²) in [6.45, 7) is 12.3. The van der Waals surface area contributed by atoms with Crippen LogP contribution in [-0.4, -0.2) is 51.9 Å². The van der Waals surface area contributed by atoms with Gasteiger partial charge in [-0.3, -0.25) is 19.8 Å². The van der Waals surface area contributed by atoms with Crippen LogP contribution in [0, 0.1) is 30.6 Å². The number of hydrogen-bond acceptors (Lipinski definition) is 4. The SMILES string of the molecule is CC1=CC2CC=C3C=NC4=CC5=NC6=Cc7cccc8c7c7c9c%10c(c(C)ccc%108)C(C)=C8C(C)=C%10C(C)=C1C1C2C3C4N2C5C(C67)N(C89)C%10C12. The van der Waals surface area contributed by atoms with Crippen LogP contribution >= 0.6 is 0 Å². The van der Waals surface area contributed by atoms with Crippen molar-refractivity contribution in [1.82, 2.24) is 9.80 Å². The van der Waals surface area contributed by atoms with E-state index in [0.29, 0.717) is 47.8 Å². The molecule has 2 saturated heterocycles. The van der Waals surface area contributed by atoms with E-state index in [1.807, 2.05) is 0 Å². The Morgan fingerprint density at radius 3 is 2.49 bits per heavy atom. The molecule has 3 aromatic carbocycles. The maximum atomic E-state index is 5.79. The van der Waals surface area contributed by atoms with Crippen molar-refractivity contribution in [3.05, 3.63) is 127 Å². The van der Waals surface area contributed by atoms with Gasteiger partial charge in [0.25, 0.3) is 0 Å². The van der Waals surface area contributed by atoms with E-state index in [4.69, 9.17) is 9.98 Å². The summed E-state index contributed by atoms with van der Waals surface area (Å²) in [4.78, 5) is 17.4. The van der Waals surface area contributed by atoms with Gasteiger partial charge in [0, 0.05) is 36.1 Å². The van der Waals surface area contributed by atoms with Crippen molar-refractivity contribution >= 4 is 45.1 Å². The van der Waals surface area contributed by atoms with Crippen LogP contribution in [0.25, 0.3) is 33.2 Å². The van der Waals surface area contributed by atoms with Gasteiger partial charge in [0.05, 0.1) is 41.3 Å². The molecule has 11 unspecified atom stereocenters. The number of aryl methyl sites for hydroxylation is 1. The first-order chi connectivity index (χ1) is 24.9. The van der Waals surface area contributed by atoms with Gasteiger partial charge in [-0.15, -0.1) is 0 Å². The van der Waals surface area contributed by atoms with Gasteiger partial charge >= 0.3 is 0 Å². The second kappa shape index (κ2) is 7.84. The first-order valence-electron chi connectivity index (χ1n) is 19.6. The van der Waals surface area contributed by atoms with Crippen LogP contribution in [-0.2, 0) is 0 Å². The highest BCUT2D eigenvalue weighted by Crippen LogP contribution is 2.71. The number of benzene rings is 3. The van der Waals surface area contributed by atoms with Gasteiger partial charge in [-0.1, -0.05) is 48.1 Å². The van der Waals surface area contributed by atoms with Crippen LogP contribution in [0.1, 0.15) is 73.9 Å². The van der Waals surface area contributed by atoms with E-state index in [0.717, 1.165) is 6.42 Å². The molecule has 0 N–H and O–H groups in total. The molecule has 7 aliphatic heterocycles. The number of aliphatic imine (C=N–C) groups is 2. The van der Waals surface area contributed by atoms with Gasteiger partial charge in [0.15, 0.2) is 0 Å². The molecule has 5 aliphatic carbocycles. The van der Waals surface area contributed by atoms with Crippen LogP contribution in [0.3, 0.4) is 0 Å². The number of piperazine rings is 1. The Hall–Kier alpha value is -4.38. The molecule has 2 fully saturated rings. The lowest BCUT2D eigenvalue weighted by Gasteiger charge is -2.74. The molecule has 12 aliphatic rings. The Morgan fingerprint density at radius 1 is 0.725 bits per heavy atom. The number of fused-ring (bicyclic) bond motifs is 1. The van der Waals surface area contributed by atoms with Crippen LogP contribution in [0.4, 0.5) is 0 Å². The van der Waals surface area contributed by atoms with Crippen molar-refractivity contribution in [2.75, 3.05) is 0 Å². The van der Waals surface area contributed by atoms with Gasteiger partial charge < -0.3 is 0 Å². The lowest BCUT2D eigenvalue weighted by molar-refractivity contribution is -0.143. The van der Waals surface area contributed by atoms with Gasteiger partial charge in [-0.25, -0.2) is 0 Å². The Morgan fingerprint density at radius 2 is 1.59 bits per heavy atom. The molecule has 4 nitrogen and oxygen atoms in total. The molecule has 3 aromatic rings. The summed E-state index contributed by atoms with van der Waals surface area (Å²) >= 11 is 0. The summed E-state index contributed by atoms with van der Waals surface area (Å²) in [7, 11) is 0. The average Bonchev–Trinajstić information content (AvgIpc) is 3.13. The van der Waals surface area contributed by atoms with Gasteiger partial charge in [0.1, 0.15) is 0 Å². The highest BCUT2D eigenvalue weighted by Gasteiger charge is 2.72. The van der Waals surface area contributed by atoms with Crippen LogP contribution < -0.4 is 0 Å². The standard InChI is InChI=1S/C47H38N4/c1-17-9-12-26-25-8-6-7-22-14-27-38-39(34(22)25)41-37(26)30(17)19(3)32-21(5)33-20(4)31-18(2)13-23-10-11-24-16-48-28-15-29(49-27)43-46(38)51(44(32)41)45(33)47-40(31)35(23)36(24)42(28)50(43)47/h6-9,11-16,23,35-36,38,40,42-47H,10H2,1-5H3. The lowest BCUT2D eigenvalue weighted by Crippen LogP contribution is -2.83. The smallest absolute Gasteiger partial charge is 0.0698 e. The molecule has 0 saturated carbocycles. The minimum absolute atomic E-state index is 0.257. The molecule has 15 rings (SSSR count). The zero-order valence-corrected chi connectivity index (χ0v) is 29.6. The summed E-state index contributed by atoms with van der Waals surface area (Å²) in [5.74, 6) is 2.50. The highest BCUT2D eigenvalue weighted by atomic mass is 15.4. The van der Waals surface area contributed by atoms with Crippen LogP contribution in [0.5, 0.6) is 0 Å². The van der Waals surface area contributed by atoms with Crippen molar-refractivity contribution in [3.63, 3.8) is 0 Å². The second-order valence-corrected chi connectivity index (χ2v) is 18.0. The molecule has 4 heteroatoms. The maximum Gasteiger partial charge on any atom is 0.0698 e. The molecule has 0 aromatic heterocycles. The molecule has 7 heterocycles. The number of rotatable bonds is 0. The fourth-order valence-corrected chi connectivity index (χ4v) is 15.5. The predicted octanol–water partition coefficient (Wildman–Crippen LogP) is 8.91. The molecule has 0 amide bonds. The van der Waals surface area contributed by atoms with Crippen molar-refractivity contribution in [2.24, 2.45) is 33.7 Å². The van der Waals surface area contributed by atoms with E-state index in [2.05, 4.69) is 105 Å². The quantitative estimate of drug-likeness (QED) is 0.226. The van der Waals surface area contributed by atoms with E-state index in [1.54, 1.807) is 44.6 Å². The average molecular weight is 659 g/mol. The molecular formula is C47H38N4. The fraction of sp³-hybridized carbons (Fsp3) is 0.362. The number of nitrogens with zero attached hydrogens (tertiary/aromatic N) is 4. The second-order valence-electron chi connectivity index (χ2n) is 18.0. The zero-order chi connectivity index (χ0) is 33.2. The Balaban J connectivity index is 1.19. The number of piperidine rings is 1. The minimum atomic E-state index is 0.257. The highest BCUT2D eigenvalue weighted by molar-refractivity contribution is 6.19. The number of allylic oxidation sites excluding steroid dienone is 4. The van der Waals surface area contributed by atoms with Crippen molar-refractivity contribution in [2.45, 2.75) is 83.2 Å². The third-order valence-electron chi connectivity index (χ3n) is 16.5. The van der Waals surface area contributed by atoms with Crippen LogP contribution in [0.15, 0.2) is 109 Å². The molecule has 51 heavy (non-hydrogen) atoms. The summed E-state index contributed by atoms with van der Waals surface area (Å²) in [5.41, 5.74) is 23.9. The molecule has 0 spiro atoms. The van der Waals surface area contributed by atoms with Crippen molar-refractivity contribution < 1.29 is 0 Å². The Bertz CT molecular complexity index is 2750. The summed E-state index contributed by atoms with van der Waals surface area (Å²) < 4.78 is 0. The van der Waals surface area contributed by atoms with E-state index >= 15 is 0 Å². The van der Waals surface area contributed by atoms with Crippen molar-refractivity contribution in [3.8, 4) is 0 Å². The third-order valence-corrected chi connectivity index (χ3v) is 16.5. The largest absolute Gasteiger partial charge is 0.279 e. The minimum Gasteiger partial charge on any atom is -0.279 e.